The highest BCUT2D eigenvalue weighted by atomic mass is 32.1. The number of anilines is 2. The number of amides is 1. The van der Waals surface area contributed by atoms with Gasteiger partial charge in [0.25, 0.3) is 0 Å². The minimum atomic E-state index is -0.531. The number of carbonyl (C=O) groups excluding carboxylic acids is 1. The van der Waals surface area contributed by atoms with Gasteiger partial charge < -0.3 is 10.1 Å². The van der Waals surface area contributed by atoms with E-state index < -0.39 is 11.7 Å². The largest absolute Gasteiger partial charge is 0.444 e. The molecule has 0 atom stereocenters. The smallest absolute Gasteiger partial charge is 0.413 e. The SMILES string of the molecule is Cc1nc(C)c(CNc2ccc(NC(=O)OC(C)(C)C)nc2)s1. The van der Waals surface area contributed by atoms with Gasteiger partial charge in [-0.1, -0.05) is 0 Å². The van der Waals surface area contributed by atoms with Crippen molar-refractivity contribution in [1.29, 1.82) is 0 Å². The molecule has 7 heteroatoms. The van der Waals surface area contributed by atoms with Gasteiger partial charge in [-0.25, -0.2) is 14.8 Å². The Labute approximate surface area is 140 Å². The molecule has 0 aliphatic rings. The van der Waals surface area contributed by atoms with Gasteiger partial charge in [-0.15, -0.1) is 11.3 Å². The Morgan fingerprint density at radius 2 is 2.04 bits per heavy atom. The van der Waals surface area contributed by atoms with Crippen LogP contribution in [0.25, 0.3) is 0 Å². The van der Waals surface area contributed by atoms with E-state index in [1.807, 2.05) is 40.7 Å². The van der Waals surface area contributed by atoms with Crippen molar-refractivity contribution in [2.45, 2.75) is 46.8 Å². The normalized spacial score (nSPS) is 11.2. The Kier molecular flexibility index (Phi) is 5.20. The van der Waals surface area contributed by atoms with Gasteiger partial charge in [0.15, 0.2) is 0 Å². The minimum absolute atomic E-state index is 0.453. The highest BCUT2D eigenvalue weighted by molar-refractivity contribution is 7.11. The quantitative estimate of drug-likeness (QED) is 0.880. The number of aryl methyl sites for hydroxylation is 2. The van der Waals surface area contributed by atoms with Crippen LogP contribution < -0.4 is 10.6 Å². The van der Waals surface area contributed by atoms with Crippen LogP contribution >= 0.6 is 11.3 Å². The van der Waals surface area contributed by atoms with Crippen molar-refractivity contribution in [1.82, 2.24) is 9.97 Å². The van der Waals surface area contributed by atoms with Crippen LogP contribution in [0.4, 0.5) is 16.3 Å². The molecule has 1 amide bonds. The van der Waals surface area contributed by atoms with Crippen molar-refractivity contribution in [3.8, 4) is 0 Å². The highest BCUT2D eigenvalue weighted by Gasteiger charge is 2.16. The van der Waals surface area contributed by atoms with Crippen molar-refractivity contribution >= 4 is 28.9 Å². The van der Waals surface area contributed by atoms with Crippen molar-refractivity contribution in [3.05, 3.63) is 33.9 Å². The number of nitrogens with one attached hydrogen (secondary N) is 2. The molecule has 2 aromatic heterocycles. The molecule has 0 spiro atoms. The second-order valence-electron chi connectivity index (χ2n) is 6.15. The monoisotopic (exact) mass is 334 g/mol. The van der Waals surface area contributed by atoms with Gasteiger partial charge in [0.2, 0.25) is 0 Å². The molecule has 2 rings (SSSR count). The lowest BCUT2D eigenvalue weighted by molar-refractivity contribution is 0.0635. The number of ether oxygens (including phenoxy) is 1. The third-order valence-electron chi connectivity index (χ3n) is 2.85. The summed E-state index contributed by atoms with van der Waals surface area (Å²) in [5, 5.41) is 6.97. The molecule has 2 N–H and O–H groups in total. The standard InChI is InChI=1S/C16H22N4O2S/c1-10-13(23-11(2)19-10)9-17-12-6-7-14(18-8-12)20-15(21)22-16(3,4)5/h6-8,17H,9H2,1-5H3,(H,18,20,21). The molecule has 0 saturated heterocycles. The Balaban J connectivity index is 1.89. The molecule has 0 aliphatic heterocycles. The van der Waals surface area contributed by atoms with E-state index in [1.54, 1.807) is 23.6 Å². The molecule has 2 aromatic rings. The summed E-state index contributed by atoms with van der Waals surface area (Å²) in [6.07, 6.45) is 1.16. The number of aromatic nitrogens is 2. The molecule has 0 aromatic carbocycles. The number of hydrogen-bond acceptors (Lipinski definition) is 6. The molecule has 0 radical (unpaired) electrons. The Bertz CT molecular complexity index is 674. The average Bonchev–Trinajstić information content (AvgIpc) is 2.74. The van der Waals surface area contributed by atoms with Crippen LogP contribution in [0.5, 0.6) is 0 Å². The summed E-state index contributed by atoms with van der Waals surface area (Å²) in [6, 6.07) is 3.60. The van der Waals surface area contributed by atoms with E-state index in [-0.39, 0.29) is 0 Å². The van der Waals surface area contributed by atoms with Crippen molar-refractivity contribution < 1.29 is 9.53 Å². The third kappa shape index (κ3) is 5.52. The van der Waals surface area contributed by atoms with Gasteiger partial charge in [-0.3, -0.25) is 5.32 Å². The fourth-order valence-electron chi connectivity index (χ4n) is 1.90. The number of carbonyl (C=O) groups is 1. The van der Waals surface area contributed by atoms with E-state index in [0.717, 1.165) is 16.4 Å². The van der Waals surface area contributed by atoms with E-state index in [2.05, 4.69) is 20.6 Å². The highest BCUT2D eigenvalue weighted by Crippen LogP contribution is 2.19. The summed E-state index contributed by atoms with van der Waals surface area (Å²) in [6.45, 7) is 10.2. The number of hydrogen-bond donors (Lipinski definition) is 2. The zero-order valence-electron chi connectivity index (χ0n) is 14.1. The van der Waals surface area contributed by atoms with Crippen LogP contribution in [0.1, 0.15) is 36.3 Å². The first-order chi connectivity index (χ1) is 10.7. The zero-order chi connectivity index (χ0) is 17.0. The lowest BCUT2D eigenvalue weighted by atomic mass is 10.2. The Morgan fingerprint density at radius 3 is 2.57 bits per heavy atom. The van der Waals surface area contributed by atoms with Crippen molar-refractivity contribution in [2.24, 2.45) is 0 Å². The number of pyridine rings is 1. The Hall–Kier alpha value is -2.15. The summed E-state index contributed by atoms with van der Waals surface area (Å²) in [4.78, 5) is 21.5. The molecular formula is C16H22N4O2S. The first-order valence-corrected chi connectivity index (χ1v) is 8.17. The van der Waals surface area contributed by atoms with Crippen molar-refractivity contribution in [2.75, 3.05) is 10.6 Å². The minimum Gasteiger partial charge on any atom is -0.444 e. The van der Waals surface area contributed by atoms with Crippen LogP contribution in [0, 0.1) is 13.8 Å². The van der Waals surface area contributed by atoms with Gasteiger partial charge in [0.05, 0.1) is 29.1 Å². The Morgan fingerprint density at radius 1 is 1.30 bits per heavy atom. The summed E-state index contributed by atoms with van der Waals surface area (Å²) >= 11 is 1.68. The van der Waals surface area contributed by atoms with Gasteiger partial charge >= 0.3 is 6.09 Å². The summed E-state index contributed by atoms with van der Waals surface area (Å²) in [7, 11) is 0. The summed E-state index contributed by atoms with van der Waals surface area (Å²) in [5.74, 6) is 0.453. The fourth-order valence-corrected chi connectivity index (χ4v) is 2.78. The van der Waals surface area contributed by atoms with Gasteiger partial charge in [-0.05, 0) is 46.8 Å². The molecule has 6 nitrogen and oxygen atoms in total. The van der Waals surface area contributed by atoms with Crippen molar-refractivity contribution in [3.63, 3.8) is 0 Å². The number of rotatable bonds is 4. The molecule has 0 aliphatic carbocycles. The first-order valence-electron chi connectivity index (χ1n) is 7.36. The van der Waals surface area contributed by atoms with E-state index in [0.29, 0.717) is 12.4 Å². The molecule has 0 saturated carbocycles. The molecule has 2 heterocycles. The maximum atomic E-state index is 11.7. The molecule has 0 unspecified atom stereocenters. The molecular weight excluding hydrogens is 312 g/mol. The predicted molar refractivity (Wildman–Crippen MR) is 93.0 cm³/mol. The van der Waals surface area contributed by atoms with Crippen LogP contribution in [0.3, 0.4) is 0 Å². The topological polar surface area (TPSA) is 76.1 Å². The second-order valence-corrected chi connectivity index (χ2v) is 7.44. The second kappa shape index (κ2) is 6.95. The average molecular weight is 334 g/mol. The van der Waals surface area contributed by atoms with Crippen LogP contribution in [0.2, 0.25) is 0 Å². The molecule has 0 fully saturated rings. The van der Waals surface area contributed by atoms with Crippen LogP contribution in [0.15, 0.2) is 18.3 Å². The maximum absolute atomic E-state index is 11.7. The zero-order valence-corrected chi connectivity index (χ0v) is 14.9. The summed E-state index contributed by atoms with van der Waals surface area (Å²) in [5.41, 5.74) is 1.40. The molecule has 23 heavy (non-hydrogen) atoms. The first kappa shape index (κ1) is 17.2. The predicted octanol–water partition coefficient (Wildman–Crippen LogP) is 4.11. The van der Waals surface area contributed by atoms with Crippen LogP contribution in [-0.4, -0.2) is 21.7 Å². The lowest BCUT2D eigenvalue weighted by Crippen LogP contribution is -2.27. The van der Waals surface area contributed by atoms with Gasteiger partial charge in [0, 0.05) is 4.88 Å². The lowest BCUT2D eigenvalue weighted by Gasteiger charge is -2.19. The van der Waals surface area contributed by atoms with Gasteiger partial charge in [0.1, 0.15) is 11.4 Å². The van der Waals surface area contributed by atoms with Gasteiger partial charge in [-0.2, -0.15) is 0 Å². The maximum Gasteiger partial charge on any atom is 0.413 e. The third-order valence-corrected chi connectivity index (χ3v) is 3.92. The van der Waals surface area contributed by atoms with E-state index in [4.69, 9.17) is 4.74 Å². The number of thiazole rings is 1. The molecule has 0 bridgehead atoms. The van der Waals surface area contributed by atoms with E-state index in [9.17, 15) is 4.79 Å². The summed E-state index contributed by atoms with van der Waals surface area (Å²) < 4.78 is 5.18. The van der Waals surface area contributed by atoms with E-state index in [1.165, 1.54) is 4.88 Å². The van der Waals surface area contributed by atoms with Crippen LogP contribution in [-0.2, 0) is 11.3 Å². The van der Waals surface area contributed by atoms with E-state index >= 15 is 0 Å². The number of nitrogens with zero attached hydrogens (tertiary/aromatic N) is 2. The fraction of sp³-hybridized carbons (Fsp3) is 0.438. The molecule has 124 valence electrons.